The zero-order valence-corrected chi connectivity index (χ0v) is 7.75. The van der Waals surface area contributed by atoms with Crippen molar-refractivity contribution < 1.29 is 9.84 Å². The van der Waals surface area contributed by atoms with Gasteiger partial charge in [0.15, 0.2) is 0 Å². The molecule has 1 saturated heterocycles. The average molecular weight is 173 g/mol. The Balaban J connectivity index is 2.29. The van der Waals surface area contributed by atoms with Crippen molar-refractivity contribution in [3.63, 3.8) is 0 Å². The first-order valence-corrected chi connectivity index (χ1v) is 4.69. The average Bonchev–Trinajstić information content (AvgIpc) is 2.15. The molecule has 0 aliphatic carbocycles. The first kappa shape index (κ1) is 9.96. The molecule has 0 aromatic heterocycles. The van der Waals surface area contributed by atoms with E-state index < -0.39 is 0 Å². The van der Waals surface area contributed by atoms with Crippen molar-refractivity contribution in [2.45, 2.75) is 12.8 Å². The van der Waals surface area contributed by atoms with E-state index in [1.165, 1.54) is 12.8 Å². The summed E-state index contributed by atoms with van der Waals surface area (Å²) in [6.45, 7) is 3.13. The molecule has 72 valence electrons. The van der Waals surface area contributed by atoms with E-state index in [1.54, 1.807) is 7.11 Å². The summed E-state index contributed by atoms with van der Waals surface area (Å²) in [7, 11) is 1.70. The van der Waals surface area contributed by atoms with Gasteiger partial charge in [-0.25, -0.2) is 0 Å². The summed E-state index contributed by atoms with van der Waals surface area (Å²) in [5.74, 6) is 0.994. The minimum absolute atomic E-state index is 0.262. The molecule has 1 fully saturated rings. The van der Waals surface area contributed by atoms with Crippen LogP contribution in [0, 0.1) is 11.8 Å². The Morgan fingerprint density at radius 1 is 1.50 bits per heavy atom. The van der Waals surface area contributed by atoms with Crippen LogP contribution in [0.1, 0.15) is 12.8 Å². The van der Waals surface area contributed by atoms with E-state index in [4.69, 9.17) is 9.84 Å². The van der Waals surface area contributed by atoms with Crippen molar-refractivity contribution in [3.05, 3.63) is 0 Å². The van der Waals surface area contributed by atoms with E-state index in [2.05, 4.69) is 5.32 Å². The minimum atomic E-state index is 0.262. The van der Waals surface area contributed by atoms with Crippen molar-refractivity contribution >= 4 is 0 Å². The van der Waals surface area contributed by atoms with Gasteiger partial charge in [0.25, 0.3) is 0 Å². The van der Waals surface area contributed by atoms with Crippen molar-refractivity contribution in [2.24, 2.45) is 11.8 Å². The molecule has 0 spiro atoms. The quantitative estimate of drug-likeness (QED) is 0.640. The standard InChI is InChI=1S/C9H19NO2/c1-12-7-9(6-11)8-2-4-10-5-3-8/h8-11H,2-7H2,1H3. The molecule has 1 atom stereocenters. The molecule has 1 aliphatic rings. The Morgan fingerprint density at radius 2 is 2.17 bits per heavy atom. The molecule has 3 heteroatoms. The highest BCUT2D eigenvalue weighted by Gasteiger charge is 2.22. The van der Waals surface area contributed by atoms with Gasteiger partial charge in [-0.1, -0.05) is 0 Å². The molecular weight excluding hydrogens is 154 g/mol. The zero-order chi connectivity index (χ0) is 8.81. The summed E-state index contributed by atoms with van der Waals surface area (Å²) in [5.41, 5.74) is 0. The molecule has 0 radical (unpaired) electrons. The van der Waals surface area contributed by atoms with Crippen molar-refractivity contribution in [3.8, 4) is 0 Å². The maximum Gasteiger partial charge on any atom is 0.0515 e. The van der Waals surface area contributed by atoms with Crippen LogP contribution >= 0.6 is 0 Å². The second kappa shape index (κ2) is 5.51. The molecule has 0 amide bonds. The second-order valence-corrected chi connectivity index (χ2v) is 3.49. The molecule has 0 aromatic carbocycles. The summed E-state index contributed by atoms with van der Waals surface area (Å²) in [6, 6.07) is 0. The maximum atomic E-state index is 9.11. The van der Waals surface area contributed by atoms with E-state index in [1.807, 2.05) is 0 Å². The van der Waals surface area contributed by atoms with E-state index in [0.717, 1.165) is 13.1 Å². The van der Waals surface area contributed by atoms with Crippen molar-refractivity contribution in [1.82, 2.24) is 5.32 Å². The Kier molecular flexibility index (Phi) is 4.58. The topological polar surface area (TPSA) is 41.5 Å². The fraction of sp³-hybridized carbons (Fsp3) is 1.00. The van der Waals surface area contributed by atoms with Crippen LogP contribution < -0.4 is 5.32 Å². The van der Waals surface area contributed by atoms with E-state index in [0.29, 0.717) is 18.4 Å². The van der Waals surface area contributed by atoms with Gasteiger partial charge >= 0.3 is 0 Å². The number of methoxy groups -OCH3 is 1. The lowest BCUT2D eigenvalue weighted by molar-refractivity contribution is 0.0648. The van der Waals surface area contributed by atoms with E-state index in [-0.39, 0.29) is 6.61 Å². The van der Waals surface area contributed by atoms with Crippen LogP contribution in [-0.4, -0.2) is 38.5 Å². The lowest BCUT2D eigenvalue weighted by Crippen LogP contribution is -2.34. The molecule has 1 rings (SSSR count). The molecule has 0 aromatic rings. The number of piperidine rings is 1. The Labute approximate surface area is 74.1 Å². The highest BCUT2D eigenvalue weighted by molar-refractivity contribution is 4.75. The summed E-state index contributed by atoms with van der Waals surface area (Å²) in [5, 5.41) is 12.4. The monoisotopic (exact) mass is 173 g/mol. The summed E-state index contributed by atoms with van der Waals surface area (Å²) >= 11 is 0. The molecule has 12 heavy (non-hydrogen) atoms. The molecule has 3 nitrogen and oxygen atoms in total. The maximum absolute atomic E-state index is 9.11. The van der Waals surface area contributed by atoms with Gasteiger partial charge in [-0.05, 0) is 31.8 Å². The van der Waals surface area contributed by atoms with Gasteiger partial charge in [0.2, 0.25) is 0 Å². The smallest absolute Gasteiger partial charge is 0.0515 e. The van der Waals surface area contributed by atoms with Gasteiger partial charge in [0.1, 0.15) is 0 Å². The van der Waals surface area contributed by atoms with Crippen LogP contribution in [-0.2, 0) is 4.74 Å². The fourth-order valence-electron chi connectivity index (χ4n) is 1.87. The van der Waals surface area contributed by atoms with Crippen LogP contribution in [0.5, 0.6) is 0 Å². The summed E-state index contributed by atoms with van der Waals surface area (Å²) in [4.78, 5) is 0. The Morgan fingerprint density at radius 3 is 2.67 bits per heavy atom. The predicted molar refractivity (Wildman–Crippen MR) is 48.0 cm³/mol. The Hall–Kier alpha value is -0.120. The first-order chi connectivity index (χ1) is 5.88. The SMILES string of the molecule is COCC(CO)C1CCNCC1. The van der Waals surface area contributed by atoms with Gasteiger partial charge in [-0.2, -0.15) is 0 Å². The number of hydrogen-bond donors (Lipinski definition) is 2. The van der Waals surface area contributed by atoms with Crippen molar-refractivity contribution in [1.29, 1.82) is 0 Å². The fourth-order valence-corrected chi connectivity index (χ4v) is 1.87. The molecule has 1 heterocycles. The number of ether oxygens (including phenoxy) is 1. The molecule has 0 saturated carbocycles. The number of nitrogens with one attached hydrogen (secondary N) is 1. The molecule has 1 unspecified atom stereocenters. The third kappa shape index (κ3) is 2.73. The lowest BCUT2D eigenvalue weighted by Gasteiger charge is -2.28. The number of hydrogen-bond acceptors (Lipinski definition) is 3. The summed E-state index contributed by atoms with van der Waals surface area (Å²) < 4.78 is 5.07. The van der Waals surface area contributed by atoms with Crippen LogP contribution in [0.4, 0.5) is 0 Å². The van der Waals surface area contributed by atoms with Gasteiger partial charge < -0.3 is 15.2 Å². The predicted octanol–water partition coefficient (Wildman–Crippen LogP) is 0.241. The molecular formula is C9H19NO2. The molecule has 1 aliphatic heterocycles. The molecule has 2 N–H and O–H groups in total. The van der Waals surface area contributed by atoms with Gasteiger partial charge in [0, 0.05) is 19.6 Å². The third-order valence-electron chi connectivity index (χ3n) is 2.67. The van der Waals surface area contributed by atoms with Gasteiger partial charge in [0.05, 0.1) is 6.61 Å². The van der Waals surface area contributed by atoms with Crippen LogP contribution in [0.2, 0.25) is 0 Å². The van der Waals surface area contributed by atoms with E-state index >= 15 is 0 Å². The van der Waals surface area contributed by atoms with Gasteiger partial charge in [-0.15, -0.1) is 0 Å². The zero-order valence-electron chi connectivity index (χ0n) is 7.75. The molecule has 0 bridgehead atoms. The third-order valence-corrected chi connectivity index (χ3v) is 2.67. The number of aliphatic hydroxyl groups is 1. The van der Waals surface area contributed by atoms with Crippen LogP contribution in [0.25, 0.3) is 0 Å². The lowest BCUT2D eigenvalue weighted by atomic mass is 9.86. The largest absolute Gasteiger partial charge is 0.396 e. The van der Waals surface area contributed by atoms with Gasteiger partial charge in [-0.3, -0.25) is 0 Å². The number of aliphatic hydroxyl groups excluding tert-OH is 1. The Bertz CT molecular complexity index is 110. The minimum Gasteiger partial charge on any atom is -0.396 e. The highest BCUT2D eigenvalue weighted by Crippen LogP contribution is 2.21. The number of rotatable bonds is 4. The van der Waals surface area contributed by atoms with Crippen LogP contribution in [0.15, 0.2) is 0 Å². The van der Waals surface area contributed by atoms with Crippen molar-refractivity contribution in [2.75, 3.05) is 33.4 Å². The highest BCUT2D eigenvalue weighted by atomic mass is 16.5. The van der Waals surface area contributed by atoms with E-state index in [9.17, 15) is 0 Å². The normalized spacial score (nSPS) is 22.5. The first-order valence-electron chi connectivity index (χ1n) is 4.69. The second-order valence-electron chi connectivity index (χ2n) is 3.49. The van der Waals surface area contributed by atoms with Crippen LogP contribution in [0.3, 0.4) is 0 Å². The summed E-state index contributed by atoms with van der Waals surface area (Å²) in [6.07, 6.45) is 2.35.